The number of carboxylic acid groups (broad SMARTS) is 1. The van der Waals surface area contributed by atoms with E-state index in [1.165, 1.54) is 16.7 Å². The first-order valence-electron chi connectivity index (χ1n) is 6.00. The van der Waals surface area contributed by atoms with Crippen LogP contribution in [0.5, 0.6) is 0 Å². The number of nitrogens with one attached hydrogen (secondary N) is 1. The van der Waals surface area contributed by atoms with E-state index in [1.807, 2.05) is 29.6 Å². The minimum absolute atomic E-state index is 0.364. The third-order valence-electron chi connectivity index (χ3n) is 3.13. The average Bonchev–Trinajstić information content (AvgIpc) is 3.06. The Morgan fingerprint density at radius 1 is 1.35 bits per heavy atom. The van der Waals surface area contributed by atoms with Gasteiger partial charge < -0.3 is 15.3 Å². The molecule has 2 amide bonds. The van der Waals surface area contributed by atoms with E-state index in [0.29, 0.717) is 17.3 Å². The summed E-state index contributed by atoms with van der Waals surface area (Å²) in [6.07, 6.45) is 0. The molecule has 3 rings (SSSR count). The van der Waals surface area contributed by atoms with Gasteiger partial charge in [-0.2, -0.15) is 0 Å². The number of carbonyl (C=O) groups excluding carboxylic acids is 1. The number of aliphatic carboxylic acids is 1. The number of thiophene rings is 1. The van der Waals surface area contributed by atoms with Gasteiger partial charge in [-0.15, -0.1) is 23.1 Å². The largest absolute Gasteiger partial charge is 0.480 e. The van der Waals surface area contributed by atoms with E-state index in [9.17, 15) is 9.59 Å². The normalized spacial score (nSPS) is 18.4. The van der Waals surface area contributed by atoms with Crippen LogP contribution in [0.3, 0.4) is 0 Å². The Bertz CT molecular complexity index is 670. The van der Waals surface area contributed by atoms with Gasteiger partial charge in [-0.25, -0.2) is 9.59 Å². The topological polar surface area (TPSA) is 69.6 Å². The first kappa shape index (κ1) is 13.3. The lowest BCUT2D eigenvalue weighted by molar-refractivity contribution is -0.140. The van der Waals surface area contributed by atoms with Gasteiger partial charge >= 0.3 is 12.0 Å². The first-order valence-corrected chi connectivity index (χ1v) is 8.04. The van der Waals surface area contributed by atoms with Crippen molar-refractivity contribution in [2.45, 2.75) is 6.04 Å². The van der Waals surface area contributed by atoms with E-state index in [2.05, 4.69) is 5.32 Å². The van der Waals surface area contributed by atoms with Gasteiger partial charge in [0.05, 0.1) is 5.88 Å². The molecular weight excluding hydrogens is 296 g/mol. The summed E-state index contributed by atoms with van der Waals surface area (Å²) in [7, 11) is 0. The van der Waals surface area contributed by atoms with Gasteiger partial charge in [0.15, 0.2) is 0 Å². The third kappa shape index (κ3) is 2.46. The van der Waals surface area contributed by atoms with Crippen molar-refractivity contribution in [2.24, 2.45) is 0 Å². The van der Waals surface area contributed by atoms with Crippen LogP contribution in [0.15, 0.2) is 29.6 Å². The van der Waals surface area contributed by atoms with Crippen LogP contribution >= 0.6 is 23.1 Å². The first-order chi connectivity index (χ1) is 9.65. The van der Waals surface area contributed by atoms with Crippen molar-refractivity contribution in [3.63, 3.8) is 0 Å². The number of carbonyl (C=O) groups is 2. The number of urea groups is 1. The summed E-state index contributed by atoms with van der Waals surface area (Å²) < 4.78 is 1.16. The van der Waals surface area contributed by atoms with Crippen LogP contribution in [0, 0.1) is 0 Å². The van der Waals surface area contributed by atoms with Crippen molar-refractivity contribution in [1.29, 1.82) is 0 Å². The molecule has 5 nitrogen and oxygen atoms in total. The van der Waals surface area contributed by atoms with Crippen LogP contribution in [-0.2, 0) is 4.79 Å². The average molecular weight is 308 g/mol. The number of anilines is 1. The molecule has 1 atom stereocenters. The van der Waals surface area contributed by atoms with Gasteiger partial charge in [-0.05, 0) is 35.0 Å². The molecular formula is C13H12N2O3S2. The fourth-order valence-electron chi connectivity index (χ4n) is 2.09. The molecule has 0 aliphatic carbocycles. The van der Waals surface area contributed by atoms with Crippen molar-refractivity contribution in [1.82, 2.24) is 4.90 Å². The Hall–Kier alpha value is -1.73. The summed E-state index contributed by atoms with van der Waals surface area (Å²) in [5.41, 5.74) is 0.682. The zero-order chi connectivity index (χ0) is 14.1. The van der Waals surface area contributed by atoms with Gasteiger partial charge in [0.2, 0.25) is 0 Å². The number of carboxylic acids is 1. The van der Waals surface area contributed by atoms with Crippen LogP contribution in [0.1, 0.15) is 0 Å². The summed E-state index contributed by atoms with van der Waals surface area (Å²) in [6, 6.07) is 6.55. The molecule has 0 saturated carbocycles. The van der Waals surface area contributed by atoms with E-state index < -0.39 is 12.0 Å². The minimum atomic E-state index is -0.960. The number of hydrogen-bond acceptors (Lipinski definition) is 4. The standard InChI is InChI=1S/C13H12N2O3S2/c16-12(17)10-6-19-7-15(10)13(18)14-9-1-2-11-8(5-9)3-4-20-11/h1-5,10H,6-7H2,(H,14,18)(H,16,17). The second-order valence-electron chi connectivity index (χ2n) is 4.43. The lowest BCUT2D eigenvalue weighted by Crippen LogP contribution is -2.43. The summed E-state index contributed by atoms with van der Waals surface area (Å²) in [6.45, 7) is 0. The van der Waals surface area contributed by atoms with Crippen LogP contribution in [0.4, 0.5) is 10.5 Å². The number of hydrogen-bond donors (Lipinski definition) is 2. The van der Waals surface area contributed by atoms with Gasteiger partial charge in [0.1, 0.15) is 6.04 Å². The van der Waals surface area contributed by atoms with Crippen molar-refractivity contribution in [3.8, 4) is 0 Å². The van der Waals surface area contributed by atoms with Crippen LogP contribution < -0.4 is 5.32 Å². The predicted octanol–water partition coefficient (Wildman–Crippen LogP) is 2.89. The zero-order valence-electron chi connectivity index (χ0n) is 10.4. The number of rotatable bonds is 2. The minimum Gasteiger partial charge on any atom is -0.480 e. The summed E-state index contributed by atoms with van der Waals surface area (Å²) >= 11 is 3.09. The van der Waals surface area contributed by atoms with Crippen LogP contribution in [0.25, 0.3) is 10.1 Å². The number of thioether (sulfide) groups is 1. The SMILES string of the molecule is O=C(O)C1CSCN1C(=O)Nc1ccc2sccc2c1. The van der Waals surface area contributed by atoms with Gasteiger partial charge in [0.25, 0.3) is 0 Å². The van der Waals surface area contributed by atoms with Gasteiger partial charge in [-0.3, -0.25) is 0 Å². The highest BCUT2D eigenvalue weighted by Gasteiger charge is 2.34. The zero-order valence-corrected chi connectivity index (χ0v) is 12.0. The van der Waals surface area contributed by atoms with Crippen molar-refractivity contribution in [2.75, 3.05) is 16.9 Å². The predicted molar refractivity (Wildman–Crippen MR) is 81.4 cm³/mol. The molecule has 1 aliphatic heterocycles. The Balaban J connectivity index is 1.76. The monoisotopic (exact) mass is 308 g/mol. The maximum Gasteiger partial charge on any atom is 0.327 e. The van der Waals surface area contributed by atoms with E-state index in [0.717, 1.165) is 10.1 Å². The highest BCUT2D eigenvalue weighted by Crippen LogP contribution is 2.26. The maximum absolute atomic E-state index is 12.1. The number of amides is 2. The quantitative estimate of drug-likeness (QED) is 0.895. The molecule has 2 N–H and O–H groups in total. The molecule has 2 aromatic rings. The molecule has 1 unspecified atom stereocenters. The molecule has 20 heavy (non-hydrogen) atoms. The Morgan fingerprint density at radius 2 is 2.20 bits per heavy atom. The third-order valence-corrected chi connectivity index (χ3v) is 5.04. The summed E-state index contributed by atoms with van der Waals surface area (Å²) in [4.78, 5) is 24.6. The van der Waals surface area contributed by atoms with E-state index >= 15 is 0 Å². The number of fused-ring (bicyclic) bond motifs is 1. The second-order valence-corrected chi connectivity index (χ2v) is 6.37. The molecule has 0 bridgehead atoms. The van der Waals surface area contributed by atoms with Crippen LogP contribution in [-0.4, -0.2) is 39.7 Å². The molecule has 7 heteroatoms. The Kier molecular flexibility index (Phi) is 3.54. The summed E-state index contributed by atoms with van der Waals surface area (Å²) in [5.74, 6) is -0.117. The molecule has 0 radical (unpaired) electrons. The number of nitrogens with zero attached hydrogens (tertiary/aromatic N) is 1. The highest BCUT2D eigenvalue weighted by atomic mass is 32.2. The lowest BCUT2D eigenvalue weighted by atomic mass is 10.2. The van der Waals surface area contributed by atoms with Gasteiger partial charge in [-0.1, -0.05) is 0 Å². The molecule has 1 aromatic carbocycles. The van der Waals surface area contributed by atoms with E-state index in [1.54, 1.807) is 11.3 Å². The van der Waals surface area contributed by atoms with E-state index in [4.69, 9.17) is 5.11 Å². The molecule has 1 aliphatic rings. The number of benzene rings is 1. The molecule has 104 valence electrons. The Morgan fingerprint density at radius 3 is 3.00 bits per heavy atom. The fraction of sp³-hybridized carbons (Fsp3) is 0.231. The van der Waals surface area contributed by atoms with Gasteiger partial charge in [0, 0.05) is 16.1 Å². The van der Waals surface area contributed by atoms with Crippen molar-refractivity contribution >= 4 is 50.9 Å². The lowest BCUT2D eigenvalue weighted by Gasteiger charge is -2.20. The molecule has 0 spiro atoms. The maximum atomic E-state index is 12.1. The van der Waals surface area contributed by atoms with E-state index in [-0.39, 0.29) is 6.03 Å². The summed E-state index contributed by atoms with van der Waals surface area (Å²) in [5, 5.41) is 14.9. The second kappa shape index (κ2) is 5.34. The van der Waals surface area contributed by atoms with Crippen LogP contribution in [0.2, 0.25) is 0 Å². The fourth-order valence-corrected chi connectivity index (χ4v) is 4.00. The van der Waals surface area contributed by atoms with Crippen molar-refractivity contribution < 1.29 is 14.7 Å². The highest BCUT2D eigenvalue weighted by molar-refractivity contribution is 7.99. The Labute approximate surface area is 123 Å². The molecule has 1 saturated heterocycles. The molecule has 2 heterocycles. The molecule has 1 fully saturated rings. The van der Waals surface area contributed by atoms with Crippen molar-refractivity contribution in [3.05, 3.63) is 29.6 Å². The molecule has 1 aromatic heterocycles. The smallest absolute Gasteiger partial charge is 0.327 e.